The van der Waals surface area contributed by atoms with Crippen molar-refractivity contribution in [1.82, 2.24) is 5.32 Å². The van der Waals surface area contributed by atoms with Gasteiger partial charge in [0.1, 0.15) is 6.04 Å². The number of rotatable bonds is 6. The van der Waals surface area contributed by atoms with Crippen LogP contribution in [0.5, 0.6) is 0 Å². The molecular weight excluding hydrogens is 619 g/mol. The van der Waals surface area contributed by atoms with Crippen molar-refractivity contribution in [2.45, 2.75) is 18.9 Å². The van der Waals surface area contributed by atoms with Gasteiger partial charge >= 0.3 is 11.9 Å². The van der Waals surface area contributed by atoms with Crippen molar-refractivity contribution in [3.05, 3.63) is 28.4 Å². The van der Waals surface area contributed by atoms with Crippen LogP contribution in [0.4, 0.5) is 0 Å². The Balaban J connectivity index is 2.92. The Morgan fingerprint density at radius 1 is 1.14 bits per heavy atom. The molecule has 9 heteroatoms. The first kappa shape index (κ1) is 18.9. The molecule has 0 fully saturated rings. The van der Waals surface area contributed by atoms with Gasteiger partial charge in [0.25, 0.3) is 5.91 Å². The number of hydrogen-bond donors (Lipinski definition) is 3. The molecule has 1 amide bonds. The van der Waals surface area contributed by atoms with E-state index in [0.717, 1.165) is 10.7 Å². The molecule has 114 valence electrons. The van der Waals surface area contributed by atoms with E-state index in [1.54, 1.807) is 6.07 Å². The number of carboxylic acid groups (broad SMARTS) is 2. The smallest absolute Gasteiger partial charge is 0.326 e. The maximum absolute atomic E-state index is 12.2. The minimum Gasteiger partial charge on any atom is -0.481 e. The van der Waals surface area contributed by atoms with E-state index >= 15 is 0 Å². The number of carboxylic acids is 2. The van der Waals surface area contributed by atoms with Crippen molar-refractivity contribution >= 4 is 85.6 Å². The lowest BCUT2D eigenvalue weighted by Crippen LogP contribution is -2.41. The van der Waals surface area contributed by atoms with Crippen LogP contribution in [0.25, 0.3) is 0 Å². The Labute approximate surface area is 161 Å². The topological polar surface area (TPSA) is 104 Å². The van der Waals surface area contributed by atoms with Gasteiger partial charge in [0.05, 0.1) is 5.56 Å². The molecule has 1 rings (SSSR count). The van der Waals surface area contributed by atoms with Crippen LogP contribution < -0.4 is 5.32 Å². The van der Waals surface area contributed by atoms with Gasteiger partial charge in [-0.2, -0.15) is 0 Å². The highest BCUT2D eigenvalue weighted by atomic mass is 127. The molecule has 0 aromatic heterocycles. The van der Waals surface area contributed by atoms with E-state index in [0.29, 0.717) is 5.56 Å². The van der Waals surface area contributed by atoms with E-state index in [-0.39, 0.29) is 12.8 Å². The van der Waals surface area contributed by atoms with E-state index in [2.05, 4.69) is 50.5 Å². The fourth-order valence-electron chi connectivity index (χ4n) is 1.48. The first-order valence-electron chi connectivity index (χ1n) is 5.62. The molecule has 1 aromatic carbocycles. The number of benzene rings is 1. The first-order valence-corrected chi connectivity index (χ1v) is 8.86. The zero-order chi connectivity index (χ0) is 16.2. The minimum atomic E-state index is -1.25. The van der Waals surface area contributed by atoms with E-state index < -0.39 is 23.9 Å². The number of hydrogen-bond acceptors (Lipinski definition) is 3. The molecule has 0 spiro atoms. The number of aliphatic carboxylic acids is 2. The molecule has 0 aliphatic heterocycles. The van der Waals surface area contributed by atoms with Gasteiger partial charge in [0, 0.05) is 17.1 Å². The third-order valence-corrected chi connectivity index (χ3v) is 6.16. The molecule has 0 radical (unpaired) electrons. The van der Waals surface area contributed by atoms with E-state index in [9.17, 15) is 14.4 Å². The van der Waals surface area contributed by atoms with Gasteiger partial charge in [-0.3, -0.25) is 9.59 Å². The molecule has 0 saturated carbocycles. The molecule has 1 aromatic rings. The molecule has 0 heterocycles. The number of amides is 1. The molecule has 6 nitrogen and oxygen atoms in total. The molecule has 0 aliphatic carbocycles. The van der Waals surface area contributed by atoms with Gasteiger partial charge < -0.3 is 15.5 Å². The summed E-state index contributed by atoms with van der Waals surface area (Å²) in [6.45, 7) is 0. The minimum absolute atomic E-state index is 0.159. The number of nitrogens with one attached hydrogen (secondary N) is 1. The number of carbonyl (C=O) groups excluding carboxylic acids is 1. The van der Waals surface area contributed by atoms with Gasteiger partial charge in [-0.15, -0.1) is 0 Å². The summed E-state index contributed by atoms with van der Waals surface area (Å²) in [5, 5.41) is 20.0. The average molecular weight is 629 g/mol. The summed E-state index contributed by atoms with van der Waals surface area (Å²) < 4.78 is 2.48. The highest BCUT2D eigenvalue weighted by Gasteiger charge is 2.23. The van der Waals surface area contributed by atoms with Crippen LogP contribution in [0.15, 0.2) is 12.1 Å². The molecular formula is C12H10I3NO5. The normalized spacial score (nSPS) is 11.8. The summed E-state index contributed by atoms with van der Waals surface area (Å²) in [5.41, 5.74) is 0.383. The summed E-state index contributed by atoms with van der Waals surface area (Å²) >= 11 is 6.19. The molecule has 0 bridgehead atoms. The van der Waals surface area contributed by atoms with Crippen molar-refractivity contribution in [2.24, 2.45) is 0 Å². The number of carbonyl (C=O) groups is 3. The molecule has 0 aliphatic rings. The van der Waals surface area contributed by atoms with E-state index in [1.165, 1.54) is 0 Å². The van der Waals surface area contributed by atoms with Crippen LogP contribution in [0, 0.1) is 10.7 Å². The van der Waals surface area contributed by atoms with Gasteiger partial charge in [-0.1, -0.05) is 0 Å². The lowest BCUT2D eigenvalue weighted by atomic mass is 10.1. The van der Waals surface area contributed by atoms with Crippen LogP contribution in [-0.4, -0.2) is 34.1 Å². The quantitative estimate of drug-likeness (QED) is 0.332. The largest absolute Gasteiger partial charge is 0.481 e. The van der Waals surface area contributed by atoms with Crippen LogP contribution >= 0.6 is 67.8 Å². The SMILES string of the molecule is O=C(O)CC[C@H](NC(=O)c1cc(I)cc(I)c1I)C(=O)O. The van der Waals surface area contributed by atoms with Gasteiger partial charge in [-0.25, -0.2) is 4.79 Å². The lowest BCUT2D eigenvalue weighted by Gasteiger charge is -2.15. The second-order valence-electron chi connectivity index (χ2n) is 4.05. The Morgan fingerprint density at radius 2 is 1.76 bits per heavy atom. The van der Waals surface area contributed by atoms with Crippen molar-refractivity contribution in [3.63, 3.8) is 0 Å². The monoisotopic (exact) mass is 629 g/mol. The second-order valence-corrected chi connectivity index (χ2v) is 7.53. The molecule has 3 N–H and O–H groups in total. The van der Waals surface area contributed by atoms with Crippen LogP contribution in [-0.2, 0) is 9.59 Å². The van der Waals surface area contributed by atoms with Crippen LogP contribution in [0.1, 0.15) is 23.2 Å². The lowest BCUT2D eigenvalue weighted by molar-refractivity contribution is -0.140. The third kappa shape index (κ3) is 5.84. The maximum Gasteiger partial charge on any atom is 0.326 e. The fourth-order valence-corrected chi connectivity index (χ4v) is 3.88. The molecule has 21 heavy (non-hydrogen) atoms. The zero-order valence-electron chi connectivity index (χ0n) is 10.4. The number of halogens is 3. The van der Waals surface area contributed by atoms with Gasteiger partial charge in [0.15, 0.2) is 0 Å². The average Bonchev–Trinajstić information content (AvgIpc) is 2.37. The van der Waals surface area contributed by atoms with Crippen LogP contribution in [0.3, 0.4) is 0 Å². The highest BCUT2D eigenvalue weighted by molar-refractivity contribution is 14.1. The van der Waals surface area contributed by atoms with E-state index in [1.807, 2.05) is 28.7 Å². The zero-order valence-corrected chi connectivity index (χ0v) is 16.9. The van der Waals surface area contributed by atoms with Gasteiger partial charge in [0.2, 0.25) is 0 Å². The summed E-state index contributed by atoms with van der Waals surface area (Å²) in [4.78, 5) is 33.8. The predicted octanol–water partition coefficient (Wildman–Crippen LogP) is 2.55. The molecule has 1 atom stereocenters. The Kier molecular flexibility index (Phi) is 7.59. The van der Waals surface area contributed by atoms with E-state index in [4.69, 9.17) is 10.2 Å². The Morgan fingerprint density at radius 3 is 2.29 bits per heavy atom. The molecule has 0 saturated heterocycles. The summed E-state index contributed by atoms with van der Waals surface area (Å²) in [6.07, 6.45) is -0.480. The fraction of sp³-hybridized carbons (Fsp3) is 0.250. The van der Waals surface area contributed by atoms with Crippen molar-refractivity contribution in [1.29, 1.82) is 0 Å². The third-order valence-electron chi connectivity index (χ3n) is 2.49. The Bertz CT molecular complexity index is 591. The summed E-state index contributed by atoms with van der Waals surface area (Å²) in [7, 11) is 0. The summed E-state index contributed by atoms with van der Waals surface area (Å²) in [5.74, 6) is -2.87. The maximum atomic E-state index is 12.2. The predicted molar refractivity (Wildman–Crippen MR) is 100 cm³/mol. The van der Waals surface area contributed by atoms with Crippen LogP contribution in [0.2, 0.25) is 0 Å². The highest BCUT2D eigenvalue weighted by Crippen LogP contribution is 2.23. The standard InChI is InChI=1S/C12H10I3NO5/c13-5-3-6(10(15)7(14)4-5)11(19)16-8(12(20)21)1-2-9(17)18/h3-4,8H,1-2H2,(H,16,19)(H,17,18)(H,20,21)/t8-/m0/s1. The summed E-state index contributed by atoms with van der Waals surface area (Å²) in [6, 6.07) is 2.34. The van der Waals surface area contributed by atoms with Crippen molar-refractivity contribution in [2.75, 3.05) is 0 Å². The van der Waals surface area contributed by atoms with Crippen molar-refractivity contribution < 1.29 is 24.6 Å². The Hall–Kier alpha value is -0.180. The van der Waals surface area contributed by atoms with Crippen molar-refractivity contribution in [3.8, 4) is 0 Å². The first-order chi connectivity index (χ1) is 9.72. The molecule has 0 unspecified atom stereocenters. The second kappa shape index (κ2) is 8.45. The van der Waals surface area contributed by atoms with Gasteiger partial charge in [-0.05, 0) is 86.3 Å².